The highest BCUT2D eigenvalue weighted by molar-refractivity contribution is 7.89. The van der Waals surface area contributed by atoms with Gasteiger partial charge in [-0.15, -0.1) is 0 Å². The summed E-state index contributed by atoms with van der Waals surface area (Å²) < 4.78 is 27.0. The number of piperidine rings is 1. The number of benzene rings is 1. The minimum atomic E-state index is -3.78. The highest BCUT2D eigenvalue weighted by Gasteiger charge is 2.23. The van der Waals surface area contributed by atoms with Gasteiger partial charge in [-0.2, -0.15) is 0 Å². The van der Waals surface area contributed by atoms with Crippen molar-refractivity contribution in [2.75, 3.05) is 31.1 Å². The Morgan fingerprint density at radius 1 is 1.00 bits per heavy atom. The van der Waals surface area contributed by atoms with E-state index in [1.165, 1.54) is 12.1 Å². The van der Waals surface area contributed by atoms with Crippen LogP contribution < -0.4 is 15.0 Å². The van der Waals surface area contributed by atoms with Crippen LogP contribution in [-0.4, -0.2) is 51.4 Å². The molecule has 2 amide bonds. The van der Waals surface area contributed by atoms with E-state index in [-0.39, 0.29) is 23.3 Å². The zero-order valence-electron chi connectivity index (χ0n) is 14.6. The minimum absolute atomic E-state index is 0.0492. The maximum Gasteiger partial charge on any atom is 0.249 e. The lowest BCUT2D eigenvalue weighted by Gasteiger charge is -2.26. The topological polar surface area (TPSA) is 98.8 Å². The van der Waals surface area contributed by atoms with Crippen LogP contribution in [0.15, 0.2) is 29.2 Å². The summed E-state index contributed by atoms with van der Waals surface area (Å²) in [6.07, 6.45) is 4.54. The van der Waals surface area contributed by atoms with Crippen LogP contribution in [0.1, 0.15) is 32.1 Å². The lowest BCUT2D eigenvalue weighted by atomic mass is 10.2. The number of hydrogen-bond donors (Lipinski definition) is 2. The number of carbonyl (C=O) groups excluding carboxylic acids is 2. The van der Waals surface area contributed by atoms with Crippen LogP contribution in [0.5, 0.6) is 0 Å². The van der Waals surface area contributed by atoms with Crippen molar-refractivity contribution in [1.82, 2.24) is 15.2 Å². The fraction of sp³-hybridized carbons (Fsp3) is 0.529. The summed E-state index contributed by atoms with van der Waals surface area (Å²) in [6.45, 7) is 1.91. The summed E-state index contributed by atoms with van der Waals surface area (Å²) in [5, 5.41) is 1.82. The van der Waals surface area contributed by atoms with Crippen molar-refractivity contribution in [3.63, 3.8) is 0 Å². The molecule has 26 heavy (non-hydrogen) atoms. The van der Waals surface area contributed by atoms with Gasteiger partial charge in [0.2, 0.25) is 21.8 Å². The van der Waals surface area contributed by atoms with Crippen molar-refractivity contribution >= 4 is 27.5 Å². The lowest BCUT2D eigenvalue weighted by Crippen LogP contribution is -2.48. The monoisotopic (exact) mass is 380 g/mol. The molecule has 0 atom stereocenters. The van der Waals surface area contributed by atoms with Gasteiger partial charge < -0.3 is 4.90 Å². The molecule has 0 saturated carbocycles. The van der Waals surface area contributed by atoms with Gasteiger partial charge in [-0.05, 0) is 43.5 Å². The third kappa shape index (κ3) is 4.60. The number of nitrogens with zero attached hydrogens (tertiary/aromatic N) is 2. The van der Waals surface area contributed by atoms with Gasteiger partial charge in [-0.25, -0.2) is 18.1 Å². The summed E-state index contributed by atoms with van der Waals surface area (Å²) >= 11 is 0. The second-order valence-electron chi connectivity index (χ2n) is 6.55. The van der Waals surface area contributed by atoms with Crippen LogP contribution in [0.2, 0.25) is 0 Å². The quantitative estimate of drug-likeness (QED) is 0.753. The van der Waals surface area contributed by atoms with Crippen LogP contribution in [-0.2, 0) is 19.6 Å². The van der Waals surface area contributed by atoms with Crippen LogP contribution in [0.25, 0.3) is 0 Å². The number of carbonyl (C=O) groups is 2. The number of rotatable bonds is 6. The second-order valence-corrected chi connectivity index (χ2v) is 8.32. The Hall–Kier alpha value is -1.97. The largest absolute Gasteiger partial charge is 0.312 e. The van der Waals surface area contributed by atoms with E-state index in [9.17, 15) is 18.0 Å². The molecule has 0 spiro atoms. The summed E-state index contributed by atoms with van der Waals surface area (Å²) in [5.41, 5.74) is 3.41. The molecular weight excluding hydrogens is 356 g/mol. The summed E-state index contributed by atoms with van der Waals surface area (Å²) in [7, 11) is -3.78. The van der Waals surface area contributed by atoms with Crippen molar-refractivity contribution in [2.24, 2.45) is 0 Å². The van der Waals surface area contributed by atoms with E-state index in [1.54, 1.807) is 17.0 Å². The average Bonchev–Trinajstić information content (AvgIpc) is 3.07. The molecule has 0 unspecified atom stereocenters. The standard InChI is InChI=1S/C17H24N4O4S/c22-16(19-20-10-2-1-3-11-20)13-18-26(24,25)15-8-6-14(7-9-15)21-12-4-5-17(21)23/h6-9,18H,1-5,10-13H2,(H,19,22). The van der Waals surface area contributed by atoms with E-state index >= 15 is 0 Å². The lowest BCUT2D eigenvalue weighted by molar-refractivity contribution is -0.125. The van der Waals surface area contributed by atoms with Crippen LogP contribution in [0.4, 0.5) is 5.69 Å². The first kappa shape index (κ1) is 18.8. The molecule has 0 aromatic heterocycles. The van der Waals surface area contributed by atoms with Crippen molar-refractivity contribution < 1.29 is 18.0 Å². The van der Waals surface area contributed by atoms with Gasteiger partial charge in [0.1, 0.15) is 0 Å². The summed E-state index contributed by atoms with van der Waals surface area (Å²) in [4.78, 5) is 25.4. The number of hydrogen-bond acceptors (Lipinski definition) is 5. The number of nitrogens with one attached hydrogen (secondary N) is 2. The van der Waals surface area contributed by atoms with Gasteiger partial charge in [0.05, 0.1) is 11.4 Å². The molecule has 142 valence electrons. The fourth-order valence-electron chi connectivity index (χ4n) is 3.19. The Balaban J connectivity index is 1.55. The highest BCUT2D eigenvalue weighted by atomic mass is 32.2. The molecule has 2 saturated heterocycles. The van der Waals surface area contributed by atoms with Gasteiger partial charge >= 0.3 is 0 Å². The van der Waals surface area contributed by atoms with E-state index < -0.39 is 10.0 Å². The Bertz CT molecular complexity index is 757. The molecule has 0 bridgehead atoms. The summed E-state index contributed by atoms with van der Waals surface area (Å²) in [6, 6.07) is 6.13. The van der Waals surface area contributed by atoms with E-state index in [0.29, 0.717) is 18.7 Å². The molecule has 9 heteroatoms. The average molecular weight is 380 g/mol. The molecule has 8 nitrogen and oxygen atoms in total. The Labute approximate surface area is 153 Å². The van der Waals surface area contributed by atoms with Gasteiger partial charge in [0, 0.05) is 31.7 Å². The SMILES string of the molecule is O=C(CNS(=O)(=O)c1ccc(N2CCCC2=O)cc1)NN1CCCCC1. The van der Waals surface area contributed by atoms with Crippen LogP contribution in [0.3, 0.4) is 0 Å². The maximum atomic E-state index is 12.3. The predicted octanol–water partition coefficient (Wildman–Crippen LogP) is 0.609. The second kappa shape index (κ2) is 8.15. The molecule has 2 N–H and O–H groups in total. The maximum absolute atomic E-state index is 12.3. The molecule has 3 rings (SSSR count). The zero-order chi connectivity index (χ0) is 18.6. The van der Waals surface area contributed by atoms with Gasteiger partial charge in [-0.3, -0.25) is 15.0 Å². The molecule has 0 radical (unpaired) electrons. The first-order valence-electron chi connectivity index (χ1n) is 8.90. The molecule has 0 aliphatic carbocycles. The molecule has 2 heterocycles. The molecule has 1 aromatic carbocycles. The third-order valence-corrected chi connectivity index (χ3v) is 6.01. The number of hydrazine groups is 1. The van der Waals surface area contributed by atoms with Crippen molar-refractivity contribution in [1.29, 1.82) is 0 Å². The third-order valence-electron chi connectivity index (χ3n) is 4.59. The van der Waals surface area contributed by atoms with Crippen molar-refractivity contribution in [2.45, 2.75) is 37.0 Å². The Kier molecular flexibility index (Phi) is 5.90. The fourth-order valence-corrected chi connectivity index (χ4v) is 4.17. The van der Waals surface area contributed by atoms with Crippen LogP contribution >= 0.6 is 0 Å². The molecular formula is C17H24N4O4S. The molecule has 2 aliphatic rings. The number of sulfonamides is 1. The first-order valence-corrected chi connectivity index (χ1v) is 10.4. The molecule has 1 aromatic rings. The number of anilines is 1. The predicted molar refractivity (Wildman–Crippen MR) is 96.8 cm³/mol. The Morgan fingerprint density at radius 3 is 2.31 bits per heavy atom. The molecule has 2 fully saturated rings. The molecule has 2 aliphatic heterocycles. The van der Waals surface area contributed by atoms with E-state index in [4.69, 9.17) is 0 Å². The minimum Gasteiger partial charge on any atom is -0.312 e. The zero-order valence-corrected chi connectivity index (χ0v) is 15.4. The van der Waals surface area contributed by atoms with Crippen molar-refractivity contribution in [3.05, 3.63) is 24.3 Å². The number of amides is 2. The van der Waals surface area contributed by atoms with Gasteiger partial charge in [-0.1, -0.05) is 6.42 Å². The van der Waals surface area contributed by atoms with Crippen molar-refractivity contribution in [3.8, 4) is 0 Å². The van der Waals surface area contributed by atoms with E-state index in [0.717, 1.165) is 38.8 Å². The van der Waals surface area contributed by atoms with Gasteiger partial charge in [0.15, 0.2) is 0 Å². The van der Waals surface area contributed by atoms with Gasteiger partial charge in [0.25, 0.3) is 0 Å². The van der Waals surface area contributed by atoms with Crippen LogP contribution in [0, 0.1) is 0 Å². The van der Waals surface area contributed by atoms with E-state index in [2.05, 4.69) is 10.1 Å². The van der Waals surface area contributed by atoms with E-state index in [1.807, 2.05) is 5.01 Å². The Morgan fingerprint density at radius 2 is 1.69 bits per heavy atom. The highest BCUT2D eigenvalue weighted by Crippen LogP contribution is 2.22. The normalized spacial score (nSPS) is 18.9. The summed E-state index contributed by atoms with van der Waals surface area (Å²) in [5.74, 6) is -0.331. The first-order chi connectivity index (χ1) is 12.5. The smallest absolute Gasteiger partial charge is 0.249 e.